The van der Waals surface area contributed by atoms with E-state index < -0.39 is 0 Å². The molecule has 25 heavy (non-hydrogen) atoms. The molecule has 1 aliphatic rings. The van der Waals surface area contributed by atoms with Gasteiger partial charge < -0.3 is 15.5 Å². The van der Waals surface area contributed by atoms with Gasteiger partial charge in [0.25, 0.3) is 0 Å². The lowest BCUT2D eigenvalue weighted by atomic mass is 10.0. The molecular formula is C20H23N3O2. The molecule has 0 aliphatic carbocycles. The number of nitrogens with zero attached hydrogens (tertiary/aromatic N) is 1. The van der Waals surface area contributed by atoms with Crippen LogP contribution in [0.2, 0.25) is 0 Å². The van der Waals surface area contributed by atoms with Gasteiger partial charge in [-0.2, -0.15) is 0 Å². The summed E-state index contributed by atoms with van der Waals surface area (Å²) in [5, 5.41) is 6.01. The molecule has 2 amide bonds. The maximum atomic E-state index is 12.6. The topological polar surface area (TPSA) is 61.4 Å². The Labute approximate surface area is 148 Å². The van der Waals surface area contributed by atoms with Gasteiger partial charge in [-0.3, -0.25) is 9.59 Å². The molecule has 5 heteroatoms. The first-order valence-electron chi connectivity index (χ1n) is 8.63. The van der Waals surface area contributed by atoms with Crippen molar-refractivity contribution in [2.45, 2.75) is 26.2 Å². The number of rotatable bonds is 5. The van der Waals surface area contributed by atoms with E-state index >= 15 is 0 Å². The molecule has 0 radical (unpaired) electrons. The molecule has 2 aromatic rings. The molecule has 0 bridgehead atoms. The van der Waals surface area contributed by atoms with E-state index in [0.717, 1.165) is 36.4 Å². The molecule has 0 unspecified atom stereocenters. The number of benzene rings is 2. The van der Waals surface area contributed by atoms with Crippen LogP contribution in [0, 0.1) is 0 Å². The third kappa shape index (κ3) is 4.38. The Morgan fingerprint density at radius 2 is 1.88 bits per heavy atom. The van der Waals surface area contributed by atoms with Gasteiger partial charge in [0.2, 0.25) is 11.8 Å². The van der Waals surface area contributed by atoms with Crippen LogP contribution in [0.1, 0.15) is 25.3 Å². The Morgan fingerprint density at radius 1 is 1.08 bits per heavy atom. The largest absolute Gasteiger partial charge is 0.384 e. The van der Waals surface area contributed by atoms with Crippen LogP contribution in [0.3, 0.4) is 0 Å². The van der Waals surface area contributed by atoms with Crippen molar-refractivity contribution in [2.75, 3.05) is 28.6 Å². The van der Waals surface area contributed by atoms with Crippen LogP contribution in [-0.4, -0.2) is 24.9 Å². The second-order valence-corrected chi connectivity index (χ2v) is 6.22. The van der Waals surface area contributed by atoms with Crippen molar-refractivity contribution in [1.29, 1.82) is 0 Å². The van der Waals surface area contributed by atoms with Crippen molar-refractivity contribution in [3.05, 3.63) is 54.1 Å². The van der Waals surface area contributed by atoms with Crippen LogP contribution < -0.4 is 15.5 Å². The van der Waals surface area contributed by atoms with Crippen molar-refractivity contribution < 1.29 is 9.59 Å². The van der Waals surface area contributed by atoms with Crippen molar-refractivity contribution in [3.8, 4) is 0 Å². The predicted molar refractivity (Wildman–Crippen MR) is 101 cm³/mol. The van der Waals surface area contributed by atoms with Gasteiger partial charge in [0.1, 0.15) is 0 Å². The predicted octanol–water partition coefficient (Wildman–Crippen LogP) is 3.43. The van der Waals surface area contributed by atoms with Gasteiger partial charge in [0.15, 0.2) is 0 Å². The number of para-hydroxylation sites is 1. The first-order chi connectivity index (χ1) is 12.1. The van der Waals surface area contributed by atoms with Crippen LogP contribution in [0.4, 0.5) is 17.1 Å². The van der Waals surface area contributed by atoms with Crippen molar-refractivity contribution in [1.82, 2.24) is 0 Å². The zero-order valence-electron chi connectivity index (χ0n) is 14.4. The molecule has 3 rings (SSSR count). The molecule has 0 saturated carbocycles. The fourth-order valence-corrected chi connectivity index (χ4v) is 3.15. The van der Waals surface area contributed by atoms with Gasteiger partial charge in [0.05, 0.1) is 0 Å². The van der Waals surface area contributed by atoms with E-state index in [1.807, 2.05) is 47.4 Å². The fraction of sp³-hybridized carbons (Fsp3) is 0.300. The normalized spacial score (nSPS) is 13.1. The zero-order chi connectivity index (χ0) is 17.6. The number of fused-ring (bicyclic) bond motifs is 1. The van der Waals surface area contributed by atoms with E-state index in [0.29, 0.717) is 13.0 Å². The van der Waals surface area contributed by atoms with Crippen molar-refractivity contribution in [2.24, 2.45) is 0 Å². The minimum atomic E-state index is -0.101. The van der Waals surface area contributed by atoms with Crippen LogP contribution in [0.25, 0.3) is 0 Å². The number of amides is 2. The third-order valence-corrected chi connectivity index (χ3v) is 4.26. The summed E-state index contributed by atoms with van der Waals surface area (Å²) in [5.41, 5.74) is 3.93. The van der Waals surface area contributed by atoms with Crippen molar-refractivity contribution >= 4 is 28.9 Å². The second kappa shape index (κ2) is 7.83. The van der Waals surface area contributed by atoms with Crippen LogP contribution in [0.15, 0.2) is 48.5 Å². The number of aryl methyl sites for hydroxylation is 1. The highest BCUT2D eigenvalue weighted by Crippen LogP contribution is 2.27. The van der Waals surface area contributed by atoms with Gasteiger partial charge in [-0.15, -0.1) is 0 Å². The lowest BCUT2D eigenvalue weighted by molar-refractivity contribution is -0.118. The highest BCUT2D eigenvalue weighted by atomic mass is 16.2. The van der Waals surface area contributed by atoms with Crippen LogP contribution in [0.5, 0.6) is 0 Å². The molecule has 0 spiro atoms. The third-order valence-electron chi connectivity index (χ3n) is 4.26. The maximum Gasteiger partial charge on any atom is 0.228 e. The summed E-state index contributed by atoms with van der Waals surface area (Å²) in [5.74, 6) is 0.0359. The molecular weight excluding hydrogens is 314 g/mol. The smallest absolute Gasteiger partial charge is 0.228 e. The lowest BCUT2D eigenvalue weighted by Gasteiger charge is -2.29. The molecule has 0 aromatic heterocycles. The van der Waals surface area contributed by atoms with Gasteiger partial charge in [-0.05, 0) is 42.7 Å². The standard InChI is InChI=1S/C20H23N3O2/c1-15(24)22-18-9-4-8-17(14-18)21-12-11-20(25)23-13-5-7-16-6-2-3-10-19(16)23/h2-4,6,8-10,14,21H,5,7,11-13H2,1H3,(H,22,24). The van der Waals surface area contributed by atoms with Gasteiger partial charge in [0, 0.05) is 43.5 Å². The van der Waals surface area contributed by atoms with Crippen LogP contribution in [-0.2, 0) is 16.0 Å². The molecule has 5 nitrogen and oxygen atoms in total. The maximum absolute atomic E-state index is 12.6. The average Bonchev–Trinajstić information content (AvgIpc) is 2.61. The molecule has 1 aliphatic heterocycles. The lowest BCUT2D eigenvalue weighted by Crippen LogP contribution is -2.36. The minimum Gasteiger partial charge on any atom is -0.384 e. The van der Waals surface area contributed by atoms with E-state index in [-0.39, 0.29) is 11.8 Å². The average molecular weight is 337 g/mol. The number of anilines is 3. The van der Waals surface area contributed by atoms with E-state index in [1.165, 1.54) is 12.5 Å². The zero-order valence-corrected chi connectivity index (χ0v) is 14.4. The molecule has 1 heterocycles. The van der Waals surface area contributed by atoms with Gasteiger partial charge >= 0.3 is 0 Å². The van der Waals surface area contributed by atoms with Crippen molar-refractivity contribution in [3.63, 3.8) is 0 Å². The van der Waals surface area contributed by atoms with Crippen LogP contribution >= 0.6 is 0 Å². The number of carbonyl (C=O) groups is 2. The first kappa shape index (κ1) is 17.0. The Balaban J connectivity index is 1.56. The quantitative estimate of drug-likeness (QED) is 0.879. The summed E-state index contributed by atoms with van der Waals surface area (Å²) in [6, 6.07) is 15.6. The van der Waals surface area contributed by atoms with Gasteiger partial charge in [-0.1, -0.05) is 24.3 Å². The molecule has 130 valence electrons. The monoisotopic (exact) mass is 337 g/mol. The number of hydrogen-bond donors (Lipinski definition) is 2. The van der Waals surface area contributed by atoms with E-state index in [9.17, 15) is 9.59 Å². The number of carbonyl (C=O) groups excluding carboxylic acids is 2. The molecule has 0 fully saturated rings. The Kier molecular flexibility index (Phi) is 5.33. The highest BCUT2D eigenvalue weighted by Gasteiger charge is 2.21. The molecule has 0 saturated heterocycles. The SMILES string of the molecule is CC(=O)Nc1cccc(NCCC(=O)N2CCCc3ccccc32)c1. The summed E-state index contributed by atoms with van der Waals surface area (Å²) in [7, 11) is 0. The minimum absolute atomic E-state index is 0.101. The Hall–Kier alpha value is -2.82. The summed E-state index contributed by atoms with van der Waals surface area (Å²) in [6.45, 7) is 2.82. The fourth-order valence-electron chi connectivity index (χ4n) is 3.15. The second-order valence-electron chi connectivity index (χ2n) is 6.22. The molecule has 0 atom stereocenters. The summed E-state index contributed by atoms with van der Waals surface area (Å²) in [4.78, 5) is 25.6. The summed E-state index contributed by atoms with van der Waals surface area (Å²) >= 11 is 0. The summed E-state index contributed by atoms with van der Waals surface area (Å²) in [6.07, 6.45) is 2.47. The molecule has 2 N–H and O–H groups in total. The highest BCUT2D eigenvalue weighted by molar-refractivity contribution is 5.95. The number of nitrogens with one attached hydrogen (secondary N) is 2. The first-order valence-corrected chi connectivity index (χ1v) is 8.63. The Bertz CT molecular complexity index is 773. The number of hydrogen-bond acceptors (Lipinski definition) is 3. The van der Waals surface area contributed by atoms with E-state index in [1.54, 1.807) is 0 Å². The van der Waals surface area contributed by atoms with E-state index in [4.69, 9.17) is 0 Å². The van der Waals surface area contributed by atoms with E-state index in [2.05, 4.69) is 16.7 Å². The van der Waals surface area contributed by atoms with Gasteiger partial charge in [-0.25, -0.2) is 0 Å². The molecule has 2 aromatic carbocycles. The summed E-state index contributed by atoms with van der Waals surface area (Å²) < 4.78 is 0. The Morgan fingerprint density at radius 3 is 2.72 bits per heavy atom.